The first-order chi connectivity index (χ1) is 8.38. The molecule has 2 rings (SSSR count). The number of benzene rings is 1. The predicted molar refractivity (Wildman–Crippen MR) is 73.0 cm³/mol. The van der Waals surface area contributed by atoms with E-state index in [0.717, 1.165) is 12.6 Å². The van der Waals surface area contributed by atoms with Crippen LogP contribution < -0.4 is 5.32 Å². The molecular weight excluding hydrogens is 208 g/mol. The predicted octanol–water partition coefficient (Wildman–Crippen LogP) is 2.65. The van der Waals surface area contributed by atoms with Gasteiger partial charge in [0.25, 0.3) is 0 Å². The van der Waals surface area contributed by atoms with Crippen LogP contribution in [-0.2, 0) is 6.54 Å². The fraction of sp³-hybridized carbons (Fsp3) is 0.600. The van der Waals surface area contributed by atoms with Crippen LogP contribution in [0.1, 0.15) is 31.7 Å². The third kappa shape index (κ3) is 4.14. The van der Waals surface area contributed by atoms with E-state index in [2.05, 4.69) is 47.5 Å². The van der Waals surface area contributed by atoms with Gasteiger partial charge in [0, 0.05) is 12.6 Å². The van der Waals surface area contributed by atoms with E-state index in [9.17, 15) is 0 Å². The van der Waals surface area contributed by atoms with E-state index in [0.29, 0.717) is 0 Å². The lowest BCUT2D eigenvalue weighted by molar-refractivity contribution is 0.191. The molecule has 94 valence electrons. The Morgan fingerprint density at radius 3 is 2.53 bits per heavy atom. The Kier molecular flexibility index (Phi) is 5.02. The van der Waals surface area contributed by atoms with Crippen molar-refractivity contribution in [1.29, 1.82) is 0 Å². The zero-order valence-electron chi connectivity index (χ0n) is 10.9. The highest BCUT2D eigenvalue weighted by molar-refractivity contribution is 5.14. The van der Waals surface area contributed by atoms with E-state index in [1.807, 2.05) is 0 Å². The first-order valence-corrected chi connectivity index (χ1v) is 6.88. The molecule has 0 aromatic heterocycles. The lowest BCUT2D eigenvalue weighted by atomic mass is 10.0. The van der Waals surface area contributed by atoms with E-state index in [-0.39, 0.29) is 0 Å². The summed E-state index contributed by atoms with van der Waals surface area (Å²) in [4.78, 5) is 2.57. The van der Waals surface area contributed by atoms with Crippen molar-refractivity contribution >= 4 is 0 Å². The van der Waals surface area contributed by atoms with Gasteiger partial charge in [-0.15, -0.1) is 0 Å². The number of rotatable bonds is 5. The summed E-state index contributed by atoms with van der Waals surface area (Å²) in [7, 11) is 0. The van der Waals surface area contributed by atoms with Crippen molar-refractivity contribution in [2.75, 3.05) is 19.6 Å². The summed E-state index contributed by atoms with van der Waals surface area (Å²) in [6.45, 7) is 6.98. The molecule has 1 fully saturated rings. The zero-order chi connectivity index (χ0) is 11.9. The van der Waals surface area contributed by atoms with E-state index in [1.54, 1.807) is 0 Å². The van der Waals surface area contributed by atoms with Crippen molar-refractivity contribution in [1.82, 2.24) is 10.2 Å². The van der Waals surface area contributed by atoms with Crippen LogP contribution in [0.25, 0.3) is 0 Å². The maximum absolute atomic E-state index is 3.63. The molecule has 2 nitrogen and oxygen atoms in total. The highest BCUT2D eigenvalue weighted by Gasteiger charge is 2.18. The monoisotopic (exact) mass is 232 g/mol. The lowest BCUT2D eigenvalue weighted by Gasteiger charge is -2.32. The van der Waals surface area contributed by atoms with Crippen molar-refractivity contribution in [3.05, 3.63) is 35.9 Å². The highest BCUT2D eigenvalue weighted by atomic mass is 15.1. The average molecular weight is 232 g/mol. The molecular formula is C15H24N2. The Morgan fingerprint density at radius 2 is 1.88 bits per heavy atom. The minimum atomic E-state index is 0.752. The third-order valence-corrected chi connectivity index (χ3v) is 3.52. The Morgan fingerprint density at radius 1 is 1.18 bits per heavy atom. The normalized spacial score (nSPS) is 18.4. The number of piperidine rings is 1. The van der Waals surface area contributed by atoms with Crippen molar-refractivity contribution in [2.45, 2.75) is 38.8 Å². The number of nitrogens with zero attached hydrogens (tertiary/aromatic N) is 1. The van der Waals surface area contributed by atoms with Crippen LogP contribution in [0.5, 0.6) is 0 Å². The number of hydrogen-bond donors (Lipinski definition) is 1. The van der Waals surface area contributed by atoms with Gasteiger partial charge in [0.05, 0.1) is 0 Å². The van der Waals surface area contributed by atoms with Gasteiger partial charge in [-0.05, 0) is 44.5 Å². The molecule has 0 saturated carbocycles. The highest BCUT2D eigenvalue weighted by Crippen LogP contribution is 2.13. The Labute approximate surface area is 105 Å². The molecule has 1 aliphatic rings. The molecule has 2 heteroatoms. The Balaban J connectivity index is 1.72. The van der Waals surface area contributed by atoms with Gasteiger partial charge in [-0.3, -0.25) is 4.90 Å². The summed E-state index contributed by atoms with van der Waals surface area (Å²) in [6, 6.07) is 11.5. The molecule has 1 heterocycles. The van der Waals surface area contributed by atoms with Gasteiger partial charge in [0.1, 0.15) is 0 Å². The smallest absolute Gasteiger partial charge is 0.0233 e. The average Bonchev–Trinajstić information content (AvgIpc) is 2.39. The second kappa shape index (κ2) is 6.77. The van der Waals surface area contributed by atoms with Gasteiger partial charge in [-0.1, -0.05) is 37.3 Å². The van der Waals surface area contributed by atoms with Gasteiger partial charge in [0.2, 0.25) is 0 Å². The van der Waals surface area contributed by atoms with Gasteiger partial charge < -0.3 is 5.32 Å². The maximum atomic E-state index is 3.63. The third-order valence-electron chi connectivity index (χ3n) is 3.52. The number of likely N-dealkylation sites (tertiary alicyclic amines) is 1. The molecule has 0 unspecified atom stereocenters. The molecule has 0 bridgehead atoms. The van der Waals surface area contributed by atoms with Crippen molar-refractivity contribution in [3.8, 4) is 0 Å². The maximum Gasteiger partial charge on any atom is 0.0233 e. The lowest BCUT2D eigenvalue weighted by Crippen LogP contribution is -2.42. The van der Waals surface area contributed by atoms with Gasteiger partial charge >= 0.3 is 0 Å². The van der Waals surface area contributed by atoms with Crippen LogP contribution in [0.2, 0.25) is 0 Å². The van der Waals surface area contributed by atoms with E-state index in [1.165, 1.54) is 44.5 Å². The molecule has 1 aromatic carbocycles. The standard InChI is InChI=1S/C15H24N2/c1-2-10-16-15-8-11-17(12-9-15)13-14-6-4-3-5-7-14/h3-7,15-16H,2,8-13H2,1H3. The quantitative estimate of drug-likeness (QED) is 0.839. The molecule has 1 aromatic rings. The minimum Gasteiger partial charge on any atom is -0.314 e. The molecule has 0 amide bonds. The van der Waals surface area contributed by atoms with Crippen molar-refractivity contribution in [3.63, 3.8) is 0 Å². The SMILES string of the molecule is CCCNC1CCN(Cc2ccccc2)CC1. The Hall–Kier alpha value is -0.860. The summed E-state index contributed by atoms with van der Waals surface area (Å²) in [5.74, 6) is 0. The number of hydrogen-bond acceptors (Lipinski definition) is 2. The minimum absolute atomic E-state index is 0.752. The summed E-state index contributed by atoms with van der Waals surface area (Å²) in [6.07, 6.45) is 3.84. The molecule has 0 radical (unpaired) electrons. The Bertz CT molecular complexity index is 302. The summed E-state index contributed by atoms with van der Waals surface area (Å²) in [5, 5.41) is 3.63. The molecule has 1 N–H and O–H groups in total. The van der Waals surface area contributed by atoms with Crippen LogP contribution in [0.3, 0.4) is 0 Å². The van der Waals surface area contributed by atoms with Gasteiger partial charge in [0.15, 0.2) is 0 Å². The molecule has 1 aliphatic heterocycles. The summed E-state index contributed by atoms with van der Waals surface area (Å²) in [5.41, 5.74) is 1.44. The van der Waals surface area contributed by atoms with E-state index in [4.69, 9.17) is 0 Å². The fourth-order valence-corrected chi connectivity index (χ4v) is 2.49. The zero-order valence-corrected chi connectivity index (χ0v) is 10.9. The fourth-order valence-electron chi connectivity index (χ4n) is 2.49. The molecule has 1 saturated heterocycles. The van der Waals surface area contributed by atoms with E-state index < -0.39 is 0 Å². The van der Waals surface area contributed by atoms with Gasteiger partial charge in [-0.2, -0.15) is 0 Å². The van der Waals surface area contributed by atoms with Crippen LogP contribution >= 0.6 is 0 Å². The van der Waals surface area contributed by atoms with E-state index >= 15 is 0 Å². The van der Waals surface area contributed by atoms with Gasteiger partial charge in [-0.25, -0.2) is 0 Å². The molecule has 17 heavy (non-hydrogen) atoms. The van der Waals surface area contributed by atoms with Crippen LogP contribution in [-0.4, -0.2) is 30.6 Å². The van der Waals surface area contributed by atoms with Crippen molar-refractivity contribution in [2.24, 2.45) is 0 Å². The first kappa shape index (κ1) is 12.6. The topological polar surface area (TPSA) is 15.3 Å². The number of nitrogens with one attached hydrogen (secondary N) is 1. The molecule has 0 spiro atoms. The second-order valence-electron chi connectivity index (χ2n) is 4.99. The summed E-state index contributed by atoms with van der Waals surface area (Å²) < 4.78 is 0. The molecule has 0 atom stereocenters. The first-order valence-electron chi connectivity index (χ1n) is 6.88. The largest absolute Gasteiger partial charge is 0.314 e. The second-order valence-corrected chi connectivity index (χ2v) is 4.99. The van der Waals surface area contributed by atoms with Crippen LogP contribution in [0.4, 0.5) is 0 Å². The van der Waals surface area contributed by atoms with Crippen LogP contribution in [0.15, 0.2) is 30.3 Å². The van der Waals surface area contributed by atoms with Crippen molar-refractivity contribution < 1.29 is 0 Å². The molecule has 0 aliphatic carbocycles. The van der Waals surface area contributed by atoms with Crippen LogP contribution in [0, 0.1) is 0 Å². The summed E-state index contributed by atoms with van der Waals surface area (Å²) >= 11 is 0.